The number of hydrogen-bond donors (Lipinski definition) is 1. The molecule has 0 aromatic rings. The molecule has 0 aromatic heterocycles. The Kier molecular flexibility index (Phi) is 5.40. The molecule has 1 fully saturated rings. The number of nitrogens with zero attached hydrogens (tertiary/aromatic N) is 1. The van der Waals surface area contributed by atoms with Gasteiger partial charge in [0.15, 0.2) is 0 Å². The summed E-state index contributed by atoms with van der Waals surface area (Å²) in [5.74, 6) is 0.499. The highest BCUT2D eigenvalue weighted by molar-refractivity contribution is 5.78. The third kappa shape index (κ3) is 4.04. The van der Waals surface area contributed by atoms with E-state index < -0.39 is 0 Å². The quantitative estimate of drug-likeness (QED) is 0.549. The molecule has 1 N–H and O–H groups in total. The monoisotopic (exact) mass is 210 g/mol. The van der Waals surface area contributed by atoms with Crippen molar-refractivity contribution in [2.75, 3.05) is 26.7 Å². The van der Waals surface area contributed by atoms with E-state index >= 15 is 0 Å². The summed E-state index contributed by atoms with van der Waals surface area (Å²) < 4.78 is 0. The van der Waals surface area contributed by atoms with Crippen LogP contribution in [-0.2, 0) is 4.79 Å². The third-order valence-corrected chi connectivity index (χ3v) is 2.92. The third-order valence-electron chi connectivity index (χ3n) is 2.92. The van der Waals surface area contributed by atoms with Crippen molar-refractivity contribution in [1.82, 2.24) is 10.2 Å². The Bertz CT molecular complexity index is 210. The van der Waals surface area contributed by atoms with Crippen molar-refractivity contribution in [3.8, 4) is 0 Å². The molecule has 0 aliphatic carbocycles. The molecule has 1 atom stereocenters. The highest BCUT2D eigenvalue weighted by Crippen LogP contribution is 2.12. The standard InChI is InChI=1S/C12H22N2O/c1-3-4-5-9-14(2)12(15)11-7-6-8-13-10-11/h3,11,13H,1,4-10H2,2H3/t11-/m0/s1. The van der Waals surface area contributed by atoms with E-state index in [9.17, 15) is 4.79 Å². The molecule has 0 saturated carbocycles. The Balaban J connectivity index is 2.27. The van der Waals surface area contributed by atoms with Gasteiger partial charge in [-0.15, -0.1) is 6.58 Å². The van der Waals surface area contributed by atoms with Crippen LogP contribution in [0.15, 0.2) is 12.7 Å². The highest BCUT2D eigenvalue weighted by atomic mass is 16.2. The van der Waals surface area contributed by atoms with E-state index in [2.05, 4.69) is 11.9 Å². The Morgan fingerprint density at radius 3 is 3.07 bits per heavy atom. The summed E-state index contributed by atoms with van der Waals surface area (Å²) in [5.41, 5.74) is 0. The Morgan fingerprint density at radius 1 is 1.67 bits per heavy atom. The zero-order valence-corrected chi connectivity index (χ0v) is 9.67. The van der Waals surface area contributed by atoms with Gasteiger partial charge < -0.3 is 10.2 Å². The van der Waals surface area contributed by atoms with Gasteiger partial charge in [0.05, 0.1) is 5.92 Å². The number of piperidine rings is 1. The van der Waals surface area contributed by atoms with E-state index in [1.165, 1.54) is 0 Å². The van der Waals surface area contributed by atoms with Crippen LogP contribution in [0.25, 0.3) is 0 Å². The van der Waals surface area contributed by atoms with Gasteiger partial charge in [-0.1, -0.05) is 6.08 Å². The Labute approximate surface area is 92.5 Å². The second kappa shape index (κ2) is 6.62. The van der Waals surface area contributed by atoms with E-state index in [1.807, 2.05) is 18.0 Å². The van der Waals surface area contributed by atoms with Crippen molar-refractivity contribution < 1.29 is 4.79 Å². The summed E-state index contributed by atoms with van der Waals surface area (Å²) >= 11 is 0. The van der Waals surface area contributed by atoms with E-state index in [-0.39, 0.29) is 5.92 Å². The number of nitrogens with one attached hydrogen (secondary N) is 1. The molecule has 1 rings (SSSR count). The van der Waals surface area contributed by atoms with Crippen molar-refractivity contribution in [2.24, 2.45) is 5.92 Å². The average molecular weight is 210 g/mol. The van der Waals surface area contributed by atoms with Gasteiger partial charge in [0.25, 0.3) is 0 Å². The summed E-state index contributed by atoms with van der Waals surface area (Å²) in [6.45, 7) is 6.44. The van der Waals surface area contributed by atoms with Gasteiger partial charge in [-0.3, -0.25) is 4.79 Å². The first-order valence-electron chi connectivity index (χ1n) is 5.82. The first kappa shape index (κ1) is 12.2. The Morgan fingerprint density at radius 2 is 2.47 bits per heavy atom. The summed E-state index contributed by atoms with van der Waals surface area (Å²) in [7, 11) is 1.90. The number of unbranched alkanes of at least 4 members (excludes halogenated alkanes) is 1. The van der Waals surface area contributed by atoms with E-state index in [0.29, 0.717) is 5.91 Å². The largest absolute Gasteiger partial charge is 0.345 e. The number of carbonyl (C=O) groups is 1. The summed E-state index contributed by atoms with van der Waals surface area (Å²) in [4.78, 5) is 13.8. The fourth-order valence-corrected chi connectivity index (χ4v) is 1.96. The molecule has 0 radical (unpaired) electrons. The maximum Gasteiger partial charge on any atom is 0.226 e. The normalized spacial score (nSPS) is 21.0. The zero-order valence-electron chi connectivity index (χ0n) is 9.67. The second-order valence-corrected chi connectivity index (χ2v) is 4.23. The molecule has 1 amide bonds. The SMILES string of the molecule is C=CCCCN(C)C(=O)[C@H]1CCCNC1. The van der Waals surface area contributed by atoms with Crippen LogP contribution in [0.1, 0.15) is 25.7 Å². The molecule has 0 bridgehead atoms. The molecule has 0 spiro atoms. The zero-order chi connectivity index (χ0) is 11.1. The lowest BCUT2D eigenvalue weighted by Gasteiger charge is -2.26. The summed E-state index contributed by atoms with van der Waals surface area (Å²) in [5, 5.41) is 3.27. The molecule has 1 heterocycles. The van der Waals surface area contributed by atoms with Gasteiger partial charge >= 0.3 is 0 Å². The van der Waals surface area contributed by atoms with Crippen molar-refractivity contribution in [3.05, 3.63) is 12.7 Å². The lowest BCUT2D eigenvalue weighted by molar-refractivity contribution is -0.134. The molecular weight excluding hydrogens is 188 g/mol. The van der Waals surface area contributed by atoms with Crippen molar-refractivity contribution >= 4 is 5.91 Å². The van der Waals surface area contributed by atoms with Crippen LogP contribution in [0, 0.1) is 5.92 Å². The number of carbonyl (C=O) groups excluding carboxylic acids is 1. The molecular formula is C12H22N2O. The molecule has 1 aliphatic heterocycles. The maximum absolute atomic E-state index is 12.0. The smallest absolute Gasteiger partial charge is 0.226 e. The summed E-state index contributed by atoms with van der Waals surface area (Å²) in [6.07, 6.45) is 6.07. The van der Waals surface area contributed by atoms with Gasteiger partial charge in [0.1, 0.15) is 0 Å². The van der Waals surface area contributed by atoms with Gasteiger partial charge in [-0.2, -0.15) is 0 Å². The molecule has 0 unspecified atom stereocenters. The topological polar surface area (TPSA) is 32.3 Å². The van der Waals surface area contributed by atoms with Crippen molar-refractivity contribution in [3.63, 3.8) is 0 Å². The first-order valence-corrected chi connectivity index (χ1v) is 5.82. The van der Waals surface area contributed by atoms with E-state index in [1.54, 1.807) is 0 Å². The average Bonchev–Trinajstić information content (AvgIpc) is 2.29. The lowest BCUT2D eigenvalue weighted by atomic mass is 9.98. The van der Waals surface area contributed by atoms with E-state index in [4.69, 9.17) is 0 Å². The number of amides is 1. The molecule has 86 valence electrons. The number of allylic oxidation sites excluding steroid dienone is 1. The minimum Gasteiger partial charge on any atom is -0.345 e. The lowest BCUT2D eigenvalue weighted by Crippen LogP contribution is -2.41. The minimum atomic E-state index is 0.201. The molecule has 1 saturated heterocycles. The van der Waals surface area contributed by atoms with Crippen LogP contribution in [0.3, 0.4) is 0 Å². The second-order valence-electron chi connectivity index (χ2n) is 4.23. The molecule has 3 nitrogen and oxygen atoms in total. The number of hydrogen-bond acceptors (Lipinski definition) is 2. The van der Waals surface area contributed by atoms with Crippen LogP contribution < -0.4 is 5.32 Å². The fraction of sp³-hybridized carbons (Fsp3) is 0.750. The van der Waals surface area contributed by atoms with E-state index in [0.717, 1.165) is 45.3 Å². The highest BCUT2D eigenvalue weighted by Gasteiger charge is 2.23. The van der Waals surface area contributed by atoms with Crippen LogP contribution in [0.2, 0.25) is 0 Å². The van der Waals surface area contributed by atoms with Gasteiger partial charge in [-0.05, 0) is 32.2 Å². The van der Waals surface area contributed by atoms with Crippen LogP contribution in [-0.4, -0.2) is 37.5 Å². The van der Waals surface area contributed by atoms with Gasteiger partial charge in [0.2, 0.25) is 5.91 Å². The predicted molar refractivity (Wildman–Crippen MR) is 62.7 cm³/mol. The maximum atomic E-state index is 12.0. The molecule has 0 aromatic carbocycles. The van der Waals surface area contributed by atoms with Crippen LogP contribution in [0.4, 0.5) is 0 Å². The molecule has 3 heteroatoms. The summed E-state index contributed by atoms with van der Waals surface area (Å²) in [6, 6.07) is 0. The van der Waals surface area contributed by atoms with Crippen LogP contribution >= 0.6 is 0 Å². The fourth-order valence-electron chi connectivity index (χ4n) is 1.96. The van der Waals surface area contributed by atoms with Gasteiger partial charge in [0, 0.05) is 20.1 Å². The predicted octanol–water partition coefficient (Wildman–Crippen LogP) is 1.41. The minimum absolute atomic E-state index is 0.201. The van der Waals surface area contributed by atoms with Crippen molar-refractivity contribution in [1.29, 1.82) is 0 Å². The number of rotatable bonds is 5. The first-order chi connectivity index (χ1) is 7.25. The molecule has 15 heavy (non-hydrogen) atoms. The van der Waals surface area contributed by atoms with Gasteiger partial charge in [-0.25, -0.2) is 0 Å². The van der Waals surface area contributed by atoms with Crippen LogP contribution in [0.5, 0.6) is 0 Å². The molecule has 1 aliphatic rings. The Hall–Kier alpha value is -0.830. The van der Waals surface area contributed by atoms with Crippen molar-refractivity contribution in [2.45, 2.75) is 25.7 Å².